The Bertz CT molecular complexity index is 904. The molecule has 1 aromatic carbocycles. The Morgan fingerprint density at radius 2 is 1.89 bits per heavy atom. The van der Waals surface area contributed by atoms with Gasteiger partial charge in [-0.2, -0.15) is 4.31 Å². The third kappa shape index (κ3) is 5.12. The number of nitrogens with one attached hydrogen (secondary N) is 1. The molecule has 0 fully saturated rings. The lowest BCUT2D eigenvalue weighted by Crippen LogP contribution is -2.30. The van der Waals surface area contributed by atoms with E-state index in [4.69, 9.17) is 9.15 Å². The number of hydrogen-bond donors (Lipinski definition) is 1. The van der Waals surface area contributed by atoms with E-state index in [1.165, 1.54) is 22.5 Å². The molecule has 0 unspecified atom stereocenters. The number of benzene rings is 1. The first-order valence-electron chi connectivity index (χ1n) is 8.56. The Labute approximate surface area is 167 Å². The van der Waals surface area contributed by atoms with Crippen LogP contribution in [0.5, 0.6) is 5.75 Å². The normalized spacial score (nSPS) is 11.8. The number of rotatable bonds is 8. The summed E-state index contributed by atoms with van der Waals surface area (Å²) in [5, 5.41) is 2.67. The number of carbonyl (C=O) groups excluding carboxylic acids is 1. The van der Waals surface area contributed by atoms with Crippen molar-refractivity contribution in [1.29, 1.82) is 0 Å². The van der Waals surface area contributed by atoms with Crippen LogP contribution in [0.4, 0.5) is 5.69 Å². The summed E-state index contributed by atoms with van der Waals surface area (Å²) in [6.07, 6.45) is -0.149. The van der Waals surface area contributed by atoms with Crippen molar-refractivity contribution in [3.63, 3.8) is 0 Å². The third-order valence-corrected chi connectivity index (χ3v) is 6.17. The molecule has 2 rings (SSSR count). The zero-order valence-electron chi connectivity index (χ0n) is 15.7. The van der Waals surface area contributed by atoms with E-state index in [9.17, 15) is 13.2 Å². The predicted molar refractivity (Wildman–Crippen MR) is 107 cm³/mol. The first-order chi connectivity index (χ1) is 12.7. The number of carbonyl (C=O) groups is 1. The summed E-state index contributed by atoms with van der Waals surface area (Å²) in [5.41, 5.74) is 0.259. The Hall–Kier alpha value is -1.84. The highest BCUT2D eigenvalue weighted by atomic mass is 79.9. The van der Waals surface area contributed by atoms with Gasteiger partial charge in [0.25, 0.3) is 5.91 Å². The highest BCUT2D eigenvalue weighted by Crippen LogP contribution is 2.30. The Balaban J connectivity index is 2.44. The Kier molecular flexibility index (Phi) is 7.07. The van der Waals surface area contributed by atoms with Crippen molar-refractivity contribution in [3.8, 4) is 5.75 Å². The zero-order valence-corrected chi connectivity index (χ0v) is 18.1. The lowest BCUT2D eigenvalue weighted by atomic mass is 10.2. The van der Waals surface area contributed by atoms with Crippen molar-refractivity contribution in [3.05, 3.63) is 40.8 Å². The monoisotopic (exact) mass is 458 g/mol. The molecule has 0 bridgehead atoms. The lowest BCUT2D eigenvalue weighted by molar-refractivity contribution is 0.0994. The van der Waals surface area contributed by atoms with E-state index in [-0.39, 0.29) is 22.4 Å². The number of anilines is 1. The number of furan rings is 1. The molecule has 1 amide bonds. The lowest BCUT2D eigenvalue weighted by Gasteiger charge is -2.20. The van der Waals surface area contributed by atoms with Crippen LogP contribution in [0.1, 0.15) is 38.2 Å². The van der Waals surface area contributed by atoms with Gasteiger partial charge in [-0.25, -0.2) is 8.42 Å². The molecule has 0 atom stereocenters. The second kappa shape index (κ2) is 8.90. The second-order valence-electron chi connectivity index (χ2n) is 5.97. The van der Waals surface area contributed by atoms with Gasteiger partial charge in [0, 0.05) is 13.1 Å². The summed E-state index contributed by atoms with van der Waals surface area (Å²) < 4.78 is 38.3. The van der Waals surface area contributed by atoms with E-state index in [1.54, 1.807) is 26.0 Å². The van der Waals surface area contributed by atoms with Gasteiger partial charge in [0.2, 0.25) is 10.0 Å². The number of halogens is 1. The first kappa shape index (κ1) is 21.5. The minimum Gasteiger partial charge on any atom is -0.489 e. The van der Waals surface area contributed by atoms with Crippen LogP contribution < -0.4 is 10.1 Å². The number of amides is 1. The van der Waals surface area contributed by atoms with Gasteiger partial charge < -0.3 is 14.5 Å². The molecule has 0 radical (unpaired) electrons. The zero-order chi connectivity index (χ0) is 20.2. The van der Waals surface area contributed by atoms with Crippen molar-refractivity contribution in [1.82, 2.24) is 4.31 Å². The van der Waals surface area contributed by atoms with Crippen molar-refractivity contribution < 1.29 is 22.4 Å². The van der Waals surface area contributed by atoms with Gasteiger partial charge in [-0.05, 0) is 60.1 Å². The molecule has 1 N–H and O–H groups in total. The molecule has 27 heavy (non-hydrogen) atoms. The van der Waals surface area contributed by atoms with Crippen molar-refractivity contribution >= 4 is 37.5 Å². The first-order valence-corrected chi connectivity index (χ1v) is 10.8. The van der Waals surface area contributed by atoms with E-state index >= 15 is 0 Å². The molecule has 1 aromatic heterocycles. The standard InChI is InChI=1S/C18H23BrN2O5S/c1-5-21(6-2)27(23,24)13-7-8-15(25-12(3)4)14(11-13)20-18(22)16-9-10-17(19)26-16/h7-12H,5-6H2,1-4H3,(H,20,22). The number of hydrogen-bond acceptors (Lipinski definition) is 5. The van der Waals surface area contributed by atoms with E-state index in [1.807, 2.05) is 13.8 Å². The van der Waals surface area contributed by atoms with Crippen LogP contribution in [0.15, 0.2) is 44.3 Å². The molecule has 9 heteroatoms. The number of ether oxygens (including phenoxy) is 1. The molecular weight excluding hydrogens is 436 g/mol. The predicted octanol–water partition coefficient (Wildman–Crippen LogP) is 4.11. The van der Waals surface area contributed by atoms with E-state index < -0.39 is 15.9 Å². The number of sulfonamides is 1. The van der Waals surface area contributed by atoms with Gasteiger partial charge in [0.05, 0.1) is 16.7 Å². The Morgan fingerprint density at radius 3 is 2.41 bits per heavy atom. The van der Waals surface area contributed by atoms with Crippen LogP contribution in [-0.2, 0) is 10.0 Å². The molecule has 0 aliphatic heterocycles. The number of nitrogens with zero attached hydrogens (tertiary/aromatic N) is 1. The van der Waals surface area contributed by atoms with Gasteiger partial charge in [0.1, 0.15) is 5.75 Å². The van der Waals surface area contributed by atoms with E-state index in [0.29, 0.717) is 23.5 Å². The van der Waals surface area contributed by atoms with Crippen LogP contribution in [0.2, 0.25) is 0 Å². The molecular formula is C18H23BrN2O5S. The molecule has 148 valence electrons. The molecule has 7 nitrogen and oxygen atoms in total. The maximum Gasteiger partial charge on any atom is 0.291 e. The van der Waals surface area contributed by atoms with Crippen molar-refractivity contribution in [2.24, 2.45) is 0 Å². The SMILES string of the molecule is CCN(CC)S(=O)(=O)c1ccc(OC(C)C)c(NC(=O)c2ccc(Br)o2)c1. The van der Waals surface area contributed by atoms with Crippen LogP contribution in [0.3, 0.4) is 0 Å². The fourth-order valence-electron chi connectivity index (χ4n) is 2.46. The molecule has 2 aromatic rings. The summed E-state index contributed by atoms with van der Waals surface area (Å²) >= 11 is 3.15. The fourth-order valence-corrected chi connectivity index (χ4v) is 4.25. The van der Waals surface area contributed by atoms with Crippen molar-refractivity contribution in [2.75, 3.05) is 18.4 Å². The molecule has 0 saturated carbocycles. The van der Waals surface area contributed by atoms with Gasteiger partial charge in [0.15, 0.2) is 10.4 Å². The Morgan fingerprint density at radius 1 is 1.22 bits per heavy atom. The van der Waals surface area contributed by atoms with Crippen molar-refractivity contribution in [2.45, 2.75) is 38.7 Å². The van der Waals surface area contributed by atoms with Crippen LogP contribution in [0.25, 0.3) is 0 Å². The summed E-state index contributed by atoms with van der Waals surface area (Å²) in [6, 6.07) is 7.54. The summed E-state index contributed by atoms with van der Waals surface area (Å²) in [6.45, 7) is 7.94. The van der Waals surface area contributed by atoms with Gasteiger partial charge in [-0.1, -0.05) is 13.8 Å². The topological polar surface area (TPSA) is 88.9 Å². The summed E-state index contributed by atoms with van der Waals surface area (Å²) in [7, 11) is -3.67. The molecule has 1 heterocycles. The van der Waals surface area contributed by atoms with Crippen LogP contribution in [-0.4, -0.2) is 37.8 Å². The second-order valence-corrected chi connectivity index (χ2v) is 8.69. The third-order valence-electron chi connectivity index (χ3n) is 3.70. The molecule has 0 aliphatic rings. The molecule has 0 aliphatic carbocycles. The highest BCUT2D eigenvalue weighted by molar-refractivity contribution is 9.10. The average Bonchev–Trinajstić information content (AvgIpc) is 3.03. The summed E-state index contributed by atoms with van der Waals surface area (Å²) in [4.78, 5) is 12.5. The van der Waals surface area contributed by atoms with Gasteiger partial charge >= 0.3 is 0 Å². The maximum absolute atomic E-state index is 12.8. The minimum absolute atomic E-state index is 0.0817. The quantitative estimate of drug-likeness (QED) is 0.642. The van der Waals surface area contributed by atoms with Gasteiger partial charge in [-0.3, -0.25) is 4.79 Å². The fraction of sp³-hybridized carbons (Fsp3) is 0.389. The summed E-state index contributed by atoms with van der Waals surface area (Å²) in [5.74, 6) is -0.0384. The molecule has 0 spiro atoms. The highest BCUT2D eigenvalue weighted by Gasteiger charge is 2.24. The maximum atomic E-state index is 12.8. The average molecular weight is 459 g/mol. The van der Waals surface area contributed by atoms with Crippen LogP contribution in [0, 0.1) is 0 Å². The van der Waals surface area contributed by atoms with E-state index in [2.05, 4.69) is 21.2 Å². The van der Waals surface area contributed by atoms with Gasteiger partial charge in [-0.15, -0.1) is 0 Å². The van der Waals surface area contributed by atoms with Crippen LogP contribution >= 0.6 is 15.9 Å². The molecule has 0 saturated heterocycles. The smallest absolute Gasteiger partial charge is 0.291 e. The van der Waals surface area contributed by atoms with E-state index in [0.717, 1.165) is 0 Å². The largest absolute Gasteiger partial charge is 0.489 e. The minimum atomic E-state index is -3.67.